The van der Waals surface area contributed by atoms with Crippen LogP contribution >= 0.6 is 0 Å². The lowest BCUT2D eigenvalue weighted by atomic mass is 9.73. The van der Waals surface area contributed by atoms with E-state index in [2.05, 4.69) is 10.3 Å². The first-order valence-electron chi connectivity index (χ1n) is 13.4. The molecule has 5 N–H and O–H groups in total. The van der Waals surface area contributed by atoms with E-state index in [1.54, 1.807) is 24.8 Å². The third kappa shape index (κ3) is 5.28. The van der Waals surface area contributed by atoms with Gasteiger partial charge in [-0.25, -0.2) is 4.39 Å². The molecule has 39 heavy (non-hydrogen) atoms. The number of nitrogens with zero attached hydrogens (tertiary/aromatic N) is 1. The van der Waals surface area contributed by atoms with Gasteiger partial charge in [-0.3, -0.25) is 14.4 Å². The number of hydrogen-bond donors (Lipinski definition) is 4. The SMILES string of the molecule is CC(C)(N)C(=O)N[C@H](Cc1c[nH]c2ccccc12)C(=O)N1CCC2(CC1)C[C@H](CC(=O)O)c1ccc(F)cc12. The van der Waals surface area contributed by atoms with Crippen molar-refractivity contribution in [2.45, 2.75) is 68.9 Å². The Morgan fingerprint density at radius 2 is 1.92 bits per heavy atom. The topological polar surface area (TPSA) is 129 Å². The highest BCUT2D eigenvalue weighted by atomic mass is 19.1. The average Bonchev–Trinajstić information content (AvgIpc) is 3.41. The van der Waals surface area contributed by atoms with Crippen molar-refractivity contribution in [3.8, 4) is 0 Å². The van der Waals surface area contributed by atoms with Gasteiger partial charge in [0.05, 0.1) is 12.0 Å². The number of amides is 2. The zero-order valence-electron chi connectivity index (χ0n) is 22.3. The molecule has 2 atom stereocenters. The number of para-hydroxylation sites is 1. The molecule has 0 radical (unpaired) electrons. The Morgan fingerprint density at radius 3 is 2.62 bits per heavy atom. The standard InChI is InChI=1S/C30H35FN4O4/c1-29(2,32)28(39)34-25(13-19-17-33-24-6-4-3-5-22(19)24)27(38)35-11-9-30(10-12-35)16-18(14-26(36)37)21-8-7-20(31)15-23(21)30/h3-8,15,17-18,25,33H,9-14,16,32H2,1-2H3,(H,34,39)(H,36,37)/t18-,25+/m0/s1. The maximum absolute atomic E-state index is 14.3. The van der Waals surface area contributed by atoms with Gasteiger partial charge in [-0.15, -0.1) is 0 Å². The summed E-state index contributed by atoms with van der Waals surface area (Å²) in [5.41, 5.74) is 8.15. The minimum Gasteiger partial charge on any atom is -0.481 e. The molecule has 2 amide bonds. The van der Waals surface area contributed by atoms with Crippen molar-refractivity contribution in [1.29, 1.82) is 0 Å². The van der Waals surface area contributed by atoms with Gasteiger partial charge in [-0.05, 0) is 79.3 Å². The van der Waals surface area contributed by atoms with Gasteiger partial charge in [-0.1, -0.05) is 24.3 Å². The number of nitrogens with one attached hydrogen (secondary N) is 2. The van der Waals surface area contributed by atoms with Crippen LogP contribution in [0.1, 0.15) is 62.1 Å². The van der Waals surface area contributed by atoms with E-state index < -0.39 is 23.5 Å². The second-order valence-electron chi connectivity index (χ2n) is 11.6. The third-order valence-electron chi connectivity index (χ3n) is 8.40. The Balaban J connectivity index is 1.36. The van der Waals surface area contributed by atoms with E-state index in [-0.39, 0.29) is 29.5 Å². The number of fused-ring (bicyclic) bond motifs is 3. The Morgan fingerprint density at radius 1 is 1.21 bits per heavy atom. The number of halogens is 1. The number of carbonyl (C=O) groups is 3. The van der Waals surface area contributed by atoms with E-state index in [0.717, 1.165) is 27.6 Å². The first kappa shape index (κ1) is 26.9. The number of nitrogens with two attached hydrogens (primary N) is 1. The van der Waals surface area contributed by atoms with Crippen molar-refractivity contribution in [3.63, 3.8) is 0 Å². The summed E-state index contributed by atoms with van der Waals surface area (Å²) >= 11 is 0. The number of aromatic nitrogens is 1. The molecule has 1 saturated heterocycles. The summed E-state index contributed by atoms with van der Waals surface area (Å²) in [5.74, 6) is -1.99. The molecule has 2 aliphatic rings. The lowest BCUT2D eigenvalue weighted by molar-refractivity contribution is -0.138. The van der Waals surface area contributed by atoms with E-state index in [9.17, 15) is 23.9 Å². The molecule has 206 valence electrons. The van der Waals surface area contributed by atoms with Crippen molar-refractivity contribution < 1.29 is 23.9 Å². The number of piperidine rings is 1. The number of carbonyl (C=O) groups excluding carboxylic acids is 2. The smallest absolute Gasteiger partial charge is 0.303 e. The number of carboxylic acids is 1. The largest absolute Gasteiger partial charge is 0.481 e. The van der Waals surface area contributed by atoms with Crippen LogP contribution in [-0.4, -0.2) is 57.4 Å². The van der Waals surface area contributed by atoms with Crippen LogP contribution in [0.15, 0.2) is 48.7 Å². The highest BCUT2D eigenvalue weighted by Gasteiger charge is 2.47. The van der Waals surface area contributed by atoms with Gasteiger partial charge in [0.25, 0.3) is 0 Å². The van der Waals surface area contributed by atoms with Gasteiger partial charge >= 0.3 is 5.97 Å². The zero-order chi connectivity index (χ0) is 27.9. The molecule has 8 nitrogen and oxygen atoms in total. The summed E-state index contributed by atoms with van der Waals surface area (Å²) in [6, 6.07) is 11.6. The van der Waals surface area contributed by atoms with Gasteiger partial charge in [0.2, 0.25) is 11.8 Å². The van der Waals surface area contributed by atoms with Crippen LogP contribution in [0.3, 0.4) is 0 Å². The molecule has 1 aromatic heterocycles. The number of rotatable bonds is 7. The highest BCUT2D eigenvalue weighted by molar-refractivity contribution is 5.92. The molecule has 2 heterocycles. The molecule has 5 rings (SSSR count). The van der Waals surface area contributed by atoms with E-state index >= 15 is 0 Å². The second-order valence-corrected chi connectivity index (χ2v) is 11.6. The first-order valence-corrected chi connectivity index (χ1v) is 13.4. The van der Waals surface area contributed by atoms with Gasteiger partial charge in [0, 0.05) is 36.6 Å². The van der Waals surface area contributed by atoms with Crippen LogP contribution in [-0.2, 0) is 26.2 Å². The van der Waals surface area contributed by atoms with Crippen molar-refractivity contribution >= 4 is 28.7 Å². The second kappa shape index (κ2) is 10.1. The van der Waals surface area contributed by atoms with Crippen molar-refractivity contribution in [2.24, 2.45) is 5.73 Å². The Hall–Kier alpha value is -3.72. The molecule has 1 fully saturated rings. The van der Waals surface area contributed by atoms with E-state index in [4.69, 9.17) is 5.73 Å². The minimum atomic E-state index is -1.15. The van der Waals surface area contributed by atoms with Crippen LogP contribution in [0.4, 0.5) is 4.39 Å². The van der Waals surface area contributed by atoms with Crippen molar-refractivity contribution in [2.75, 3.05) is 13.1 Å². The molecule has 1 aliphatic carbocycles. The Labute approximate surface area is 226 Å². The maximum Gasteiger partial charge on any atom is 0.303 e. The van der Waals surface area contributed by atoms with Gasteiger partial charge < -0.3 is 26.0 Å². The average molecular weight is 535 g/mol. The summed E-state index contributed by atoms with van der Waals surface area (Å²) < 4.78 is 14.3. The number of aliphatic carboxylic acids is 1. The first-order chi connectivity index (χ1) is 18.5. The predicted molar refractivity (Wildman–Crippen MR) is 146 cm³/mol. The van der Waals surface area contributed by atoms with Crippen LogP contribution in [0, 0.1) is 5.82 Å². The number of benzene rings is 2. The third-order valence-corrected chi connectivity index (χ3v) is 8.40. The molecule has 3 aromatic rings. The van der Waals surface area contributed by atoms with Crippen LogP contribution in [0.5, 0.6) is 0 Å². The molecule has 0 bridgehead atoms. The fraction of sp³-hybridized carbons (Fsp3) is 0.433. The fourth-order valence-electron chi connectivity index (χ4n) is 6.34. The number of aromatic amines is 1. The minimum absolute atomic E-state index is 0.00334. The monoisotopic (exact) mass is 534 g/mol. The number of likely N-dealkylation sites (tertiary alicyclic amines) is 1. The summed E-state index contributed by atoms with van der Waals surface area (Å²) in [4.78, 5) is 43.2. The summed E-state index contributed by atoms with van der Waals surface area (Å²) in [6.07, 6.45) is 3.99. The Bertz CT molecular complexity index is 1420. The van der Waals surface area contributed by atoms with E-state index in [1.165, 1.54) is 12.1 Å². The van der Waals surface area contributed by atoms with Crippen LogP contribution in [0.2, 0.25) is 0 Å². The maximum atomic E-state index is 14.3. The zero-order valence-corrected chi connectivity index (χ0v) is 22.3. The highest BCUT2D eigenvalue weighted by Crippen LogP contribution is 2.53. The number of hydrogen-bond acceptors (Lipinski definition) is 4. The molecular weight excluding hydrogens is 499 g/mol. The molecule has 2 aromatic carbocycles. The lowest BCUT2D eigenvalue weighted by Gasteiger charge is -2.41. The molecule has 0 unspecified atom stereocenters. The van der Waals surface area contributed by atoms with Crippen LogP contribution < -0.4 is 11.1 Å². The molecule has 0 saturated carbocycles. The molecule has 1 spiro atoms. The normalized spacial score (nSPS) is 19.2. The summed E-state index contributed by atoms with van der Waals surface area (Å²) in [5, 5.41) is 13.3. The summed E-state index contributed by atoms with van der Waals surface area (Å²) in [7, 11) is 0. The summed E-state index contributed by atoms with van der Waals surface area (Å²) in [6.45, 7) is 4.07. The lowest BCUT2D eigenvalue weighted by Crippen LogP contribution is -2.58. The fourth-order valence-corrected chi connectivity index (χ4v) is 6.34. The molecule has 1 aliphatic heterocycles. The van der Waals surface area contributed by atoms with E-state index in [1.807, 2.05) is 30.5 Å². The molecule has 9 heteroatoms. The van der Waals surface area contributed by atoms with Crippen molar-refractivity contribution in [3.05, 3.63) is 71.2 Å². The van der Waals surface area contributed by atoms with Gasteiger partial charge in [0.1, 0.15) is 11.9 Å². The van der Waals surface area contributed by atoms with Gasteiger partial charge in [-0.2, -0.15) is 0 Å². The predicted octanol–water partition coefficient (Wildman–Crippen LogP) is 3.59. The van der Waals surface area contributed by atoms with Crippen molar-refractivity contribution in [1.82, 2.24) is 15.2 Å². The molecular formula is C30H35FN4O4. The Kier molecular flexibility index (Phi) is 6.97. The number of carboxylic acid groups (broad SMARTS) is 1. The number of H-pyrrole nitrogens is 1. The quantitative estimate of drug-likeness (QED) is 0.368. The van der Waals surface area contributed by atoms with Gasteiger partial charge in [0.15, 0.2) is 0 Å². The van der Waals surface area contributed by atoms with Crippen LogP contribution in [0.25, 0.3) is 10.9 Å². The van der Waals surface area contributed by atoms with E-state index in [0.29, 0.717) is 38.8 Å².